The van der Waals surface area contributed by atoms with E-state index in [2.05, 4.69) is 103 Å². The smallest absolute Gasteiger partial charge is 0.327 e. The highest BCUT2D eigenvalue weighted by molar-refractivity contribution is 6.06. The van der Waals surface area contributed by atoms with Crippen LogP contribution in [-0.2, 0) is 6.42 Å². The van der Waals surface area contributed by atoms with Crippen LogP contribution in [0.25, 0.3) is 45.0 Å². The van der Waals surface area contributed by atoms with E-state index < -0.39 is 0 Å². The fourth-order valence-electron chi connectivity index (χ4n) is 17.5. The van der Waals surface area contributed by atoms with E-state index in [0.29, 0.717) is 53.4 Å². The lowest BCUT2D eigenvalue weighted by atomic mass is 10.1. The van der Waals surface area contributed by atoms with Gasteiger partial charge in [-0.3, -0.25) is 49.5 Å². The van der Waals surface area contributed by atoms with E-state index in [1.54, 1.807) is 48.1 Å². The largest absolute Gasteiger partial charge is 0.454 e. The summed E-state index contributed by atoms with van der Waals surface area (Å²) in [6, 6.07) is 45.8. The lowest BCUT2D eigenvalue weighted by Gasteiger charge is -2.38. The molecule has 10 aliphatic heterocycles. The Morgan fingerprint density at radius 1 is 0.415 bits per heavy atom. The van der Waals surface area contributed by atoms with Crippen molar-refractivity contribution in [3.05, 3.63) is 217 Å². The number of rotatable bonds is 9. The van der Waals surface area contributed by atoms with E-state index in [9.17, 15) is 19.2 Å². The minimum Gasteiger partial charge on any atom is -0.454 e. The van der Waals surface area contributed by atoms with Gasteiger partial charge in [-0.05, 0) is 206 Å². The summed E-state index contributed by atoms with van der Waals surface area (Å²) in [6.07, 6.45) is 18.0. The molecule has 1 aromatic carbocycles. The van der Waals surface area contributed by atoms with E-state index in [0.717, 1.165) is 211 Å². The molecule has 5 fully saturated rings. The number of carbonyl (C=O) groups is 4. The number of carbonyl (C=O) groups excluding carboxylic acids is 4. The van der Waals surface area contributed by atoms with Gasteiger partial charge in [0.1, 0.15) is 0 Å². The molecule has 10 aromatic heterocycles. The number of hydrogen-bond donors (Lipinski definition) is 3. The van der Waals surface area contributed by atoms with Crippen LogP contribution in [0.1, 0.15) is 73.1 Å². The number of hydrogen-bond acceptors (Lipinski definition) is 20. The number of urea groups is 4. The van der Waals surface area contributed by atoms with Crippen molar-refractivity contribution in [1.29, 1.82) is 0 Å². The van der Waals surface area contributed by atoms with Crippen molar-refractivity contribution in [2.75, 3.05) is 129 Å². The van der Waals surface area contributed by atoms with Gasteiger partial charge in [0.2, 0.25) is 6.79 Å². The SMILES string of the molecule is Cc1cc(-c2ccc3c(n2)N(C(=O)N2CC[C@@H](C)C2)[C@H]2CCN3C2)ccn1.Cc1cc(-c2ccc3c(n2)N(C(=O)NCCc2ccccn2)[C@H]2CCN3C2)ccn1.Cc1cc(-c2ccc3c(n2)N(C(=O)Nc2ccc4c(c2)OCO4)[C@H]2CCN3C2)ccn1.Cc1cncc(NC(=O)N2c3nc(-c4ccnc(C)c4)ccc3N3CC[C@H]2C3)c1.Cl. The molecule has 29 heteroatoms. The number of benzene rings is 1. The fraction of sp³-hybridized carbons (Fsp3) is 0.326. The van der Waals surface area contributed by atoms with Crippen molar-refractivity contribution in [2.45, 2.75) is 104 Å². The number of aromatic nitrogens is 10. The number of pyridine rings is 10. The van der Waals surface area contributed by atoms with Gasteiger partial charge in [-0.25, -0.2) is 39.1 Å². The Balaban J connectivity index is 0.000000113. The molecule has 5 saturated heterocycles. The Morgan fingerprint density at radius 3 is 1.27 bits per heavy atom. The second-order valence-electron chi connectivity index (χ2n) is 31.5. The number of likely N-dealkylation sites (tertiary alicyclic amines) is 1. The highest BCUT2D eigenvalue weighted by atomic mass is 35.5. The summed E-state index contributed by atoms with van der Waals surface area (Å²) in [6.45, 7) is 21.7. The molecule has 8 amide bonds. The van der Waals surface area contributed by atoms with Crippen LogP contribution >= 0.6 is 12.4 Å². The van der Waals surface area contributed by atoms with Gasteiger partial charge < -0.3 is 49.9 Å². The molecule has 0 aliphatic carbocycles. The van der Waals surface area contributed by atoms with Crippen LogP contribution in [-0.4, -0.2) is 182 Å². The Hall–Kier alpha value is -13.1. The maximum atomic E-state index is 13.4. The van der Waals surface area contributed by atoms with Crippen LogP contribution in [0, 0.1) is 40.5 Å². The number of halogens is 1. The van der Waals surface area contributed by atoms with E-state index in [1.807, 2.05) is 164 Å². The van der Waals surface area contributed by atoms with Gasteiger partial charge >= 0.3 is 24.1 Å². The molecule has 0 saturated carbocycles. The maximum absolute atomic E-state index is 13.4. The molecule has 0 unspecified atom stereocenters. The number of nitrogens with zero attached hydrogens (tertiary/aromatic N) is 19. The predicted molar refractivity (Wildman–Crippen MR) is 460 cm³/mol. The zero-order valence-electron chi connectivity index (χ0n) is 66.8. The Kier molecular flexibility index (Phi) is 21.8. The fourth-order valence-corrected chi connectivity index (χ4v) is 17.5. The minimum absolute atomic E-state index is 0. The average molecular weight is 1600 g/mol. The molecule has 0 radical (unpaired) electrons. The van der Waals surface area contributed by atoms with Crippen LogP contribution in [0.15, 0.2) is 183 Å². The van der Waals surface area contributed by atoms with E-state index in [4.69, 9.17) is 29.4 Å². The molecule has 3 N–H and O–H groups in total. The zero-order chi connectivity index (χ0) is 80.0. The third-order valence-corrected chi connectivity index (χ3v) is 23.3. The van der Waals surface area contributed by atoms with Gasteiger partial charge in [0.05, 0.1) is 81.6 Å². The van der Waals surface area contributed by atoms with Crippen LogP contribution in [0.3, 0.4) is 0 Å². The monoisotopic (exact) mass is 1600 g/mol. The first-order valence-electron chi connectivity index (χ1n) is 40.4. The minimum atomic E-state index is -0.192. The summed E-state index contributed by atoms with van der Waals surface area (Å²) in [5, 5.41) is 9.09. The molecule has 10 aliphatic rings. The molecule has 20 heterocycles. The van der Waals surface area contributed by atoms with Gasteiger partial charge in [0, 0.05) is 178 Å². The van der Waals surface area contributed by atoms with Crippen molar-refractivity contribution >= 4 is 93.9 Å². The van der Waals surface area contributed by atoms with Gasteiger partial charge in [-0.2, -0.15) is 0 Å². The standard InChI is InChI=1S/C23H24N6O.C23H21N5O3.C22H22N6O.C21H25N5O.ClH/c1-16-14-17(7-11-24-16)20-5-6-21-22(27-20)29(19-9-13-28(21)15-19)23(30)26-12-8-18-4-2-3-10-25-18;1-14-10-15(6-8-24-14)18-3-4-19-22(26-18)28(17-7-9-27(19)12-17)23(29)25-16-2-5-20-21(11-16)31-13-30-20;1-14-9-17(12-23-11-14)25-22(29)28-18-6-8-27(13-18)20-4-3-19(26-21(20)28)16-5-7-24-15(2)10-16;1-14-6-9-25(12-14)21(27)26-17-7-10-24(13-17)19-4-3-18(23-20(19)26)16-5-8-22-15(2)11-16;/h2-7,10-11,14,19H,8-9,12-13,15H2,1H3,(H,26,30);2-6,8,10-11,17H,7,9,12-13H2,1H3,(H,25,29);3-5,7,9-12,18H,6,8,13H2,1-2H3,(H,25,29);3-5,8,11,14,17H,6-7,9-10,12-13H2,1-2H3;1H/t19-;17-;18-;14-,17+;/m0001./s1. The van der Waals surface area contributed by atoms with Gasteiger partial charge in [-0.15, -0.1) is 12.4 Å². The summed E-state index contributed by atoms with van der Waals surface area (Å²) in [5.41, 5.74) is 18.7. The molecule has 11 aromatic rings. The maximum Gasteiger partial charge on any atom is 0.327 e. The third-order valence-electron chi connectivity index (χ3n) is 23.3. The third kappa shape index (κ3) is 15.9. The van der Waals surface area contributed by atoms with E-state index in [1.165, 1.54) is 0 Å². The molecule has 8 bridgehead atoms. The summed E-state index contributed by atoms with van der Waals surface area (Å²) in [7, 11) is 0. The molecule has 0 spiro atoms. The first kappa shape index (κ1) is 77.5. The second kappa shape index (κ2) is 33.2. The molecular weight excluding hydrogens is 1510 g/mol. The summed E-state index contributed by atoms with van der Waals surface area (Å²) < 4.78 is 10.8. The Morgan fingerprint density at radius 2 is 0.847 bits per heavy atom. The quantitative estimate of drug-likeness (QED) is 0.121. The molecule has 602 valence electrons. The molecule has 28 nitrogen and oxygen atoms in total. The lowest BCUT2D eigenvalue weighted by molar-refractivity contribution is 0.174. The van der Waals surface area contributed by atoms with Crippen molar-refractivity contribution in [3.8, 4) is 56.5 Å². The normalized spacial score (nSPS) is 18.8. The number of aryl methyl sites for hydroxylation is 5. The summed E-state index contributed by atoms with van der Waals surface area (Å²) in [5.74, 6) is 4.87. The van der Waals surface area contributed by atoms with Crippen LogP contribution in [0.2, 0.25) is 0 Å². The van der Waals surface area contributed by atoms with Crippen molar-refractivity contribution in [3.63, 3.8) is 0 Å². The first-order valence-corrected chi connectivity index (χ1v) is 40.4. The van der Waals surface area contributed by atoms with Gasteiger partial charge in [0.15, 0.2) is 34.8 Å². The Bertz CT molecular complexity index is 5630. The number of anilines is 10. The predicted octanol–water partition coefficient (Wildman–Crippen LogP) is 14.5. The van der Waals surface area contributed by atoms with Crippen molar-refractivity contribution in [2.24, 2.45) is 5.92 Å². The average Bonchev–Trinajstić information content (AvgIpc) is 1.59. The topological polar surface area (TPSA) is 281 Å². The van der Waals surface area contributed by atoms with Crippen molar-refractivity contribution < 1.29 is 28.7 Å². The van der Waals surface area contributed by atoms with Gasteiger partial charge in [-0.1, -0.05) is 13.0 Å². The molecule has 5 atom stereocenters. The lowest BCUT2D eigenvalue weighted by Crippen LogP contribution is -2.51. The summed E-state index contributed by atoms with van der Waals surface area (Å²) in [4.78, 5) is 117. The number of ether oxygens (including phenoxy) is 2. The van der Waals surface area contributed by atoms with E-state index >= 15 is 0 Å². The highest BCUT2D eigenvalue weighted by Gasteiger charge is 2.46. The molecular formula is C89H93ClN22O6. The first-order chi connectivity index (χ1) is 57.0. The summed E-state index contributed by atoms with van der Waals surface area (Å²) >= 11 is 0. The second-order valence-corrected chi connectivity index (χ2v) is 31.5. The number of fused-ring (bicyclic) bond motifs is 17. The molecule has 21 rings (SSSR count). The highest BCUT2D eigenvalue weighted by Crippen LogP contribution is 2.46. The van der Waals surface area contributed by atoms with Crippen molar-refractivity contribution in [1.82, 2.24) is 60.1 Å². The van der Waals surface area contributed by atoms with Crippen LogP contribution in [0.4, 0.5) is 76.6 Å². The Labute approximate surface area is 691 Å². The van der Waals surface area contributed by atoms with E-state index in [-0.39, 0.29) is 67.5 Å². The number of amides is 8. The van der Waals surface area contributed by atoms with Crippen LogP contribution < -0.4 is 64.6 Å². The molecule has 118 heavy (non-hydrogen) atoms. The van der Waals surface area contributed by atoms with Crippen LogP contribution in [0.5, 0.6) is 11.5 Å². The zero-order valence-corrected chi connectivity index (χ0v) is 67.6. The van der Waals surface area contributed by atoms with Gasteiger partial charge in [0.25, 0.3) is 0 Å². The number of nitrogens with one attached hydrogen (secondary N) is 3.